The van der Waals surface area contributed by atoms with Crippen LogP contribution in [0.5, 0.6) is 0 Å². The first-order chi connectivity index (χ1) is 14.5. The van der Waals surface area contributed by atoms with Crippen LogP contribution in [0.15, 0.2) is 59.6 Å². The smallest absolute Gasteiger partial charge is 0.253 e. The number of benzene rings is 2. The summed E-state index contributed by atoms with van der Waals surface area (Å²) in [4.78, 5) is 20.6. The van der Waals surface area contributed by atoms with Crippen molar-refractivity contribution in [1.29, 1.82) is 0 Å². The van der Waals surface area contributed by atoms with E-state index in [1.807, 2.05) is 30.3 Å². The van der Waals surface area contributed by atoms with Gasteiger partial charge in [-0.1, -0.05) is 42.5 Å². The molecule has 6 heteroatoms. The summed E-state index contributed by atoms with van der Waals surface area (Å²) in [6.07, 6.45) is 1.04. The summed E-state index contributed by atoms with van der Waals surface area (Å²) in [6, 6.07) is 18.2. The van der Waals surface area contributed by atoms with Gasteiger partial charge in [-0.15, -0.1) is 0 Å². The molecule has 0 heterocycles. The molecule has 2 rings (SSSR count). The molecule has 2 N–H and O–H groups in total. The summed E-state index contributed by atoms with van der Waals surface area (Å²) in [6.45, 7) is 6.29. The minimum absolute atomic E-state index is 0.0114. The molecular formula is C24H35N5O. The predicted molar refractivity (Wildman–Crippen MR) is 125 cm³/mol. The van der Waals surface area contributed by atoms with Gasteiger partial charge in [-0.25, -0.2) is 4.99 Å². The highest BCUT2D eigenvalue weighted by Gasteiger charge is 2.07. The molecule has 0 radical (unpaired) electrons. The Balaban J connectivity index is 1.77. The summed E-state index contributed by atoms with van der Waals surface area (Å²) >= 11 is 0. The van der Waals surface area contributed by atoms with Gasteiger partial charge in [0.1, 0.15) is 0 Å². The molecule has 6 nitrogen and oxygen atoms in total. The van der Waals surface area contributed by atoms with E-state index in [1.54, 1.807) is 19.0 Å². The highest BCUT2D eigenvalue weighted by atomic mass is 16.2. The average molecular weight is 410 g/mol. The molecule has 162 valence electrons. The van der Waals surface area contributed by atoms with E-state index in [1.165, 1.54) is 5.56 Å². The SMILES string of the molecule is CCNC(=NCc1ccc(C(=O)N(C)C)cc1)NCCCN(C)Cc1ccccc1. The second-order valence-electron chi connectivity index (χ2n) is 7.60. The maximum absolute atomic E-state index is 12.0. The minimum atomic E-state index is 0.0114. The zero-order chi connectivity index (χ0) is 21.8. The molecule has 0 saturated heterocycles. The molecule has 0 aromatic heterocycles. The third-order valence-corrected chi connectivity index (χ3v) is 4.68. The Labute approximate surface area is 181 Å². The van der Waals surface area contributed by atoms with E-state index in [4.69, 9.17) is 0 Å². The Hall–Kier alpha value is -2.86. The topological polar surface area (TPSA) is 60.0 Å². The van der Waals surface area contributed by atoms with Crippen molar-refractivity contribution in [2.24, 2.45) is 4.99 Å². The molecule has 2 aromatic rings. The maximum Gasteiger partial charge on any atom is 0.253 e. The summed E-state index contributed by atoms with van der Waals surface area (Å²) in [5.41, 5.74) is 3.10. The number of hydrogen-bond donors (Lipinski definition) is 2. The molecule has 0 fully saturated rings. The van der Waals surface area contributed by atoms with Crippen LogP contribution in [-0.2, 0) is 13.1 Å². The lowest BCUT2D eigenvalue weighted by atomic mass is 10.1. The van der Waals surface area contributed by atoms with Crippen LogP contribution in [0.3, 0.4) is 0 Å². The Morgan fingerprint density at radius 2 is 1.63 bits per heavy atom. The number of hydrogen-bond acceptors (Lipinski definition) is 3. The minimum Gasteiger partial charge on any atom is -0.357 e. The van der Waals surface area contributed by atoms with Crippen molar-refractivity contribution in [3.05, 3.63) is 71.3 Å². The molecule has 0 unspecified atom stereocenters. The van der Waals surface area contributed by atoms with Crippen LogP contribution >= 0.6 is 0 Å². The van der Waals surface area contributed by atoms with Crippen molar-refractivity contribution in [2.45, 2.75) is 26.4 Å². The van der Waals surface area contributed by atoms with E-state index in [0.717, 1.165) is 44.1 Å². The highest BCUT2D eigenvalue weighted by molar-refractivity contribution is 5.93. The van der Waals surface area contributed by atoms with Gasteiger partial charge in [0.2, 0.25) is 0 Å². The van der Waals surface area contributed by atoms with E-state index < -0.39 is 0 Å². The molecule has 0 aliphatic heterocycles. The molecule has 0 saturated carbocycles. The van der Waals surface area contributed by atoms with Gasteiger partial charge in [-0.05, 0) is 50.2 Å². The van der Waals surface area contributed by atoms with Crippen LogP contribution in [0.2, 0.25) is 0 Å². The third-order valence-electron chi connectivity index (χ3n) is 4.68. The van der Waals surface area contributed by atoms with Crippen LogP contribution < -0.4 is 10.6 Å². The number of carbonyl (C=O) groups excluding carboxylic acids is 1. The van der Waals surface area contributed by atoms with Crippen LogP contribution in [0, 0.1) is 0 Å². The van der Waals surface area contributed by atoms with Crippen LogP contribution in [0.4, 0.5) is 0 Å². The lowest BCUT2D eigenvalue weighted by molar-refractivity contribution is 0.0827. The normalized spacial score (nSPS) is 11.4. The van der Waals surface area contributed by atoms with E-state index in [9.17, 15) is 4.79 Å². The lowest BCUT2D eigenvalue weighted by Crippen LogP contribution is -2.38. The van der Waals surface area contributed by atoms with Crippen molar-refractivity contribution >= 4 is 11.9 Å². The van der Waals surface area contributed by atoms with E-state index in [-0.39, 0.29) is 5.91 Å². The van der Waals surface area contributed by atoms with E-state index in [2.05, 4.69) is 58.8 Å². The van der Waals surface area contributed by atoms with Crippen molar-refractivity contribution < 1.29 is 4.79 Å². The van der Waals surface area contributed by atoms with Gasteiger partial charge in [-0.2, -0.15) is 0 Å². The van der Waals surface area contributed by atoms with Crippen molar-refractivity contribution in [3.63, 3.8) is 0 Å². The van der Waals surface area contributed by atoms with Crippen molar-refractivity contribution in [1.82, 2.24) is 20.4 Å². The monoisotopic (exact) mass is 409 g/mol. The first-order valence-corrected chi connectivity index (χ1v) is 10.5. The average Bonchev–Trinajstić information content (AvgIpc) is 2.75. The number of carbonyl (C=O) groups is 1. The zero-order valence-electron chi connectivity index (χ0n) is 18.7. The van der Waals surface area contributed by atoms with Gasteiger partial charge in [0.25, 0.3) is 5.91 Å². The summed E-state index contributed by atoms with van der Waals surface area (Å²) in [7, 11) is 5.67. The molecule has 1 amide bonds. The van der Waals surface area contributed by atoms with Gasteiger partial charge in [-0.3, -0.25) is 4.79 Å². The second kappa shape index (κ2) is 12.6. The largest absolute Gasteiger partial charge is 0.357 e. The first-order valence-electron chi connectivity index (χ1n) is 10.5. The third kappa shape index (κ3) is 8.25. The lowest BCUT2D eigenvalue weighted by Gasteiger charge is -2.17. The fraction of sp³-hybridized carbons (Fsp3) is 0.417. The molecule has 0 spiro atoms. The maximum atomic E-state index is 12.0. The molecule has 0 bridgehead atoms. The fourth-order valence-electron chi connectivity index (χ4n) is 3.05. The molecule has 0 aliphatic carbocycles. The summed E-state index contributed by atoms with van der Waals surface area (Å²) in [5, 5.41) is 6.70. The molecule has 0 atom stereocenters. The van der Waals surface area contributed by atoms with Gasteiger partial charge < -0.3 is 20.4 Å². The number of amides is 1. The van der Waals surface area contributed by atoms with E-state index >= 15 is 0 Å². The highest BCUT2D eigenvalue weighted by Crippen LogP contribution is 2.07. The molecule has 0 aliphatic rings. The Bertz CT molecular complexity index is 787. The first kappa shape index (κ1) is 23.4. The molecule has 2 aromatic carbocycles. The fourth-order valence-corrected chi connectivity index (χ4v) is 3.05. The Morgan fingerprint density at radius 3 is 2.27 bits per heavy atom. The van der Waals surface area contributed by atoms with Crippen molar-refractivity contribution in [2.75, 3.05) is 40.8 Å². The standard InChI is InChI=1S/C24H35N5O/c1-5-25-24(26-16-9-17-29(4)19-21-10-7-6-8-11-21)27-18-20-12-14-22(15-13-20)23(30)28(2)3/h6-8,10-15H,5,9,16-19H2,1-4H3,(H2,25,26,27). The van der Waals surface area contributed by atoms with Gasteiger partial charge in [0.15, 0.2) is 5.96 Å². The Kier molecular flexibility index (Phi) is 9.87. The summed E-state index contributed by atoms with van der Waals surface area (Å²) in [5.74, 6) is 0.828. The van der Waals surface area contributed by atoms with Gasteiger partial charge >= 0.3 is 0 Å². The number of aliphatic imine (C=N–C) groups is 1. The van der Waals surface area contributed by atoms with Gasteiger partial charge in [0, 0.05) is 39.3 Å². The summed E-state index contributed by atoms with van der Waals surface area (Å²) < 4.78 is 0. The number of nitrogens with zero attached hydrogens (tertiary/aromatic N) is 3. The second-order valence-corrected chi connectivity index (χ2v) is 7.60. The molecular weight excluding hydrogens is 374 g/mol. The predicted octanol–water partition coefficient (Wildman–Crippen LogP) is 2.97. The van der Waals surface area contributed by atoms with Crippen molar-refractivity contribution in [3.8, 4) is 0 Å². The van der Waals surface area contributed by atoms with Gasteiger partial charge in [0.05, 0.1) is 6.54 Å². The molecule has 30 heavy (non-hydrogen) atoms. The quantitative estimate of drug-likeness (QED) is 0.360. The zero-order valence-corrected chi connectivity index (χ0v) is 18.7. The van der Waals surface area contributed by atoms with Crippen LogP contribution in [0.1, 0.15) is 34.8 Å². The Morgan fingerprint density at radius 1 is 0.933 bits per heavy atom. The number of rotatable bonds is 10. The van der Waals surface area contributed by atoms with Crippen LogP contribution in [0.25, 0.3) is 0 Å². The number of nitrogens with one attached hydrogen (secondary N) is 2. The van der Waals surface area contributed by atoms with E-state index in [0.29, 0.717) is 12.1 Å². The van der Waals surface area contributed by atoms with Crippen LogP contribution in [-0.4, -0.2) is 62.4 Å². The number of guanidine groups is 1.